The molecule has 6 rings (SSSR count). The Kier molecular flexibility index (Phi) is 27.2. The van der Waals surface area contributed by atoms with Crippen LogP contribution in [0.25, 0.3) is 22.3 Å². The van der Waals surface area contributed by atoms with Crippen molar-refractivity contribution < 1.29 is 77.9 Å². The molecule has 0 spiro atoms. The third-order valence-electron chi connectivity index (χ3n) is 13.1. The van der Waals surface area contributed by atoms with Gasteiger partial charge in [-0.05, 0) is 74.2 Å². The summed E-state index contributed by atoms with van der Waals surface area (Å²) in [5.41, 5.74) is 22.3. The van der Waals surface area contributed by atoms with Crippen LogP contribution in [-0.2, 0) is 56.2 Å². The number of fused-ring (bicyclic) bond motifs is 2. The van der Waals surface area contributed by atoms with Crippen LogP contribution in [-0.4, -0.2) is 187 Å². The van der Waals surface area contributed by atoms with Gasteiger partial charge in [-0.15, -0.1) is 0 Å². The van der Waals surface area contributed by atoms with Crippen molar-refractivity contribution in [3.63, 3.8) is 0 Å². The van der Waals surface area contributed by atoms with Gasteiger partial charge in [0, 0.05) is 53.4 Å². The predicted molar refractivity (Wildman–Crippen MR) is 340 cm³/mol. The van der Waals surface area contributed by atoms with Gasteiger partial charge in [-0.25, -0.2) is 44.5 Å². The summed E-state index contributed by atoms with van der Waals surface area (Å²) in [5, 5.41) is 74.7. The SMILES string of the molecule is N=C(N)NCCC[C@@H](NC(=O)CC[C@@H](NC(=O)c1ccc(NCc2cnc3nc(N)[nH]c(=O)c3n2)cc1)C(=O)O)C(=O)N[C@H](CC(=O)O)C(=O)N[C@H](CSSCCOC(=O)NNC(=O)CC[C@H](NC(=O)c1ccc(NCc2cnc3nc(N)[nH]c(=N)c3n2)cc1)C(=O)O)C(=O)O. The van der Waals surface area contributed by atoms with Crippen molar-refractivity contribution in [1.29, 1.82) is 10.8 Å². The summed E-state index contributed by atoms with van der Waals surface area (Å²) >= 11 is 0. The second kappa shape index (κ2) is 35.7. The molecule has 510 valence electrons. The standard InChI is InChI=1S/C54H65N23O17S2/c55-40-38-41(73-52(58)72-40)63-21-28(65-38)19-61-26-7-3-25(4-8-26)44(83)69-32(49(89)90)12-14-36(79)76-77-54(93)94-16-17-95-96-23-34(50(91)92)71-46(85)33(18-37(80)81)70-45(84)30(2-1-15-60-51(56)57)67-35(78)13-11-31(48(87)88)68-43(82)24-5-9-27(10-6-24)62-20-29-22-64-42-39(66-29)47(86)75-53(59)74-42/h3-10,21-22,30-34,61-62H,1-2,11-20,23H2,(H,67,78)(H,68,82)(H,69,83)(H,70,84)(H,71,85)(H,76,79)(H,77,93)(H,80,81)(H,87,88)(H,89,90)(H,91,92)(H4,56,57,60)(H4,55,58,63,72,73)(H3,59,64,74,75,86)/t30-,31-,32+,33-,34-/m1/s1. The van der Waals surface area contributed by atoms with E-state index >= 15 is 0 Å². The topological polar surface area (TPSA) is 650 Å². The van der Waals surface area contributed by atoms with Crippen LogP contribution in [0.4, 0.5) is 28.1 Å². The van der Waals surface area contributed by atoms with E-state index in [9.17, 15) is 78.0 Å². The maximum absolute atomic E-state index is 13.7. The van der Waals surface area contributed by atoms with Gasteiger partial charge in [0.2, 0.25) is 35.5 Å². The molecule has 0 radical (unpaired) electrons. The molecule has 6 aromatic rings. The van der Waals surface area contributed by atoms with Gasteiger partial charge in [0.25, 0.3) is 17.4 Å². The van der Waals surface area contributed by atoms with Gasteiger partial charge in [0.05, 0.1) is 43.3 Å². The Labute approximate surface area is 547 Å². The monoisotopic (exact) mass is 1370 g/mol. The number of H-pyrrole nitrogens is 2. The largest absolute Gasteiger partial charge is 0.481 e. The number of benzene rings is 2. The van der Waals surface area contributed by atoms with Crippen LogP contribution in [0.2, 0.25) is 0 Å². The highest BCUT2D eigenvalue weighted by Crippen LogP contribution is 2.22. The number of guanidine groups is 1. The molecule has 0 aliphatic rings. The van der Waals surface area contributed by atoms with Crippen molar-refractivity contribution in [2.75, 3.05) is 46.8 Å². The zero-order valence-electron chi connectivity index (χ0n) is 50.2. The number of hydrogen-bond acceptors (Lipinski definition) is 27. The summed E-state index contributed by atoms with van der Waals surface area (Å²) in [6, 6.07) is 3.50. The van der Waals surface area contributed by atoms with Crippen molar-refractivity contribution in [2.45, 2.75) is 88.2 Å². The molecule has 2 aromatic carbocycles. The number of aromatic nitrogens is 8. The molecule has 42 heteroatoms. The summed E-state index contributed by atoms with van der Waals surface area (Å²) in [5.74, 6) is -12.7. The van der Waals surface area contributed by atoms with Crippen LogP contribution < -0.4 is 81.6 Å². The quantitative estimate of drug-likeness (QED) is 0.00625. The number of anilines is 4. The molecule has 0 bridgehead atoms. The molecule has 0 saturated carbocycles. The molecule has 7 amide bonds. The first-order chi connectivity index (χ1) is 45.7. The summed E-state index contributed by atoms with van der Waals surface area (Å²) in [6.07, 6.45) is -1.48. The molecule has 0 aliphatic carbocycles. The van der Waals surface area contributed by atoms with E-state index in [1.807, 2.05) is 10.9 Å². The molecule has 0 saturated heterocycles. The lowest BCUT2D eigenvalue weighted by Gasteiger charge is -2.24. The smallest absolute Gasteiger partial charge is 0.426 e. The Morgan fingerprint density at radius 2 is 1.10 bits per heavy atom. The van der Waals surface area contributed by atoms with Gasteiger partial charge in [0.1, 0.15) is 36.8 Å². The molecule has 4 heterocycles. The molecule has 0 fully saturated rings. The number of carbonyl (C=O) groups is 11. The number of hydrogen-bond donors (Lipinski definition) is 21. The molecular weight excluding hydrogens is 1310 g/mol. The number of carbonyl (C=O) groups excluding carboxylic acids is 7. The zero-order valence-corrected chi connectivity index (χ0v) is 51.8. The summed E-state index contributed by atoms with van der Waals surface area (Å²) in [7, 11) is 1.86. The third-order valence-corrected chi connectivity index (χ3v) is 15.4. The van der Waals surface area contributed by atoms with E-state index in [-0.39, 0.29) is 108 Å². The Bertz CT molecular complexity index is 4000. The van der Waals surface area contributed by atoms with Crippen LogP contribution in [0.5, 0.6) is 0 Å². The van der Waals surface area contributed by atoms with E-state index in [0.29, 0.717) is 22.8 Å². The van der Waals surface area contributed by atoms with Gasteiger partial charge in [-0.3, -0.25) is 59.6 Å². The molecule has 40 nitrogen and oxygen atoms in total. The Hall–Kier alpha value is -12.0. The fraction of sp³-hybridized carbons (Fsp3) is 0.333. The second-order valence-corrected chi connectivity index (χ2v) is 22.9. The third kappa shape index (κ3) is 23.6. The van der Waals surface area contributed by atoms with Crippen molar-refractivity contribution in [1.82, 2.24) is 82.6 Å². The highest BCUT2D eigenvalue weighted by Gasteiger charge is 2.32. The van der Waals surface area contributed by atoms with Gasteiger partial charge < -0.3 is 89.9 Å². The number of carboxylic acids is 4. The number of nitrogen functional groups attached to an aromatic ring is 2. The lowest BCUT2D eigenvalue weighted by molar-refractivity contribution is -0.143. The molecule has 4 aromatic heterocycles. The number of nitrogens with two attached hydrogens (primary N) is 3. The van der Waals surface area contributed by atoms with Crippen molar-refractivity contribution in [3.8, 4) is 0 Å². The molecule has 24 N–H and O–H groups in total. The number of aromatic amines is 2. The minimum Gasteiger partial charge on any atom is -0.481 e. The van der Waals surface area contributed by atoms with Gasteiger partial charge in [0.15, 0.2) is 33.8 Å². The first-order valence-corrected chi connectivity index (χ1v) is 30.9. The highest BCUT2D eigenvalue weighted by molar-refractivity contribution is 8.76. The van der Waals surface area contributed by atoms with Crippen LogP contribution in [0, 0.1) is 10.8 Å². The summed E-state index contributed by atoms with van der Waals surface area (Å²) in [4.78, 5) is 181. The summed E-state index contributed by atoms with van der Waals surface area (Å²) in [6.45, 7) is -0.0137. The first kappa shape index (κ1) is 73.1. The molecule has 5 atom stereocenters. The van der Waals surface area contributed by atoms with Gasteiger partial charge >= 0.3 is 30.0 Å². The first-order valence-electron chi connectivity index (χ1n) is 28.4. The van der Waals surface area contributed by atoms with Gasteiger partial charge in [-0.1, -0.05) is 21.6 Å². The predicted octanol–water partition coefficient (Wildman–Crippen LogP) is -2.71. The maximum atomic E-state index is 13.7. The number of ether oxygens (including phenoxy) is 1. The number of carboxylic acid groups (broad SMARTS) is 4. The van der Waals surface area contributed by atoms with Crippen molar-refractivity contribution in [2.24, 2.45) is 5.73 Å². The number of aliphatic carboxylic acids is 4. The lowest BCUT2D eigenvalue weighted by Crippen LogP contribution is -2.56. The molecule has 0 unspecified atom stereocenters. The average molecular weight is 1370 g/mol. The zero-order chi connectivity index (χ0) is 70.0. The van der Waals surface area contributed by atoms with Gasteiger partial charge in [-0.2, -0.15) is 9.97 Å². The van der Waals surface area contributed by atoms with E-state index in [1.54, 1.807) is 12.1 Å². The Morgan fingerprint density at radius 1 is 0.594 bits per heavy atom. The van der Waals surface area contributed by atoms with Crippen LogP contribution in [0.15, 0.2) is 65.7 Å². The lowest BCUT2D eigenvalue weighted by atomic mass is 10.1. The second-order valence-electron chi connectivity index (χ2n) is 20.3. The average Bonchev–Trinajstić information content (AvgIpc) is 0.872. The number of nitrogens with zero attached hydrogens (tertiary/aromatic N) is 6. The van der Waals surface area contributed by atoms with E-state index in [0.717, 1.165) is 21.6 Å². The fourth-order valence-corrected chi connectivity index (χ4v) is 10.3. The van der Waals surface area contributed by atoms with E-state index in [1.165, 1.54) is 48.8 Å². The number of rotatable bonds is 36. The normalized spacial score (nSPS) is 12.4. The van der Waals surface area contributed by atoms with Crippen LogP contribution >= 0.6 is 21.6 Å². The fourth-order valence-electron chi connectivity index (χ4n) is 8.28. The maximum Gasteiger partial charge on any atom is 0.426 e. The molecule has 0 aliphatic heterocycles. The Balaban J connectivity index is 0.895. The Morgan fingerprint density at radius 3 is 1.65 bits per heavy atom. The van der Waals surface area contributed by atoms with E-state index < -0.39 is 133 Å². The highest BCUT2D eigenvalue weighted by atomic mass is 33.1. The minimum absolute atomic E-state index is 0.00242. The van der Waals surface area contributed by atoms with Crippen LogP contribution in [0.3, 0.4) is 0 Å². The molecular formula is C54H65N23O17S2. The van der Waals surface area contributed by atoms with E-state index in [2.05, 4.69) is 82.4 Å². The minimum atomic E-state index is -1.92. The number of hydrazine groups is 1. The number of nitrogens with one attached hydrogen (secondary N) is 14. The summed E-state index contributed by atoms with van der Waals surface area (Å²) < 4.78 is 4.98. The van der Waals surface area contributed by atoms with E-state index in [4.69, 9.17) is 32.8 Å². The van der Waals surface area contributed by atoms with Crippen LogP contribution in [0.1, 0.15) is 77.0 Å². The van der Waals surface area contributed by atoms with Crippen molar-refractivity contribution >= 4 is 139 Å². The molecule has 96 heavy (non-hydrogen) atoms. The number of amides is 7. The van der Waals surface area contributed by atoms with Crippen molar-refractivity contribution in [3.05, 3.63) is 99.3 Å².